The first kappa shape index (κ1) is 20.5. The van der Waals surface area contributed by atoms with E-state index in [0.29, 0.717) is 21.8 Å². The van der Waals surface area contributed by atoms with Gasteiger partial charge in [-0.15, -0.1) is 10.2 Å². The number of nitrogens with one attached hydrogen (secondary N) is 1. The molecular weight excluding hydrogens is 451 g/mol. The second kappa shape index (κ2) is 8.56. The van der Waals surface area contributed by atoms with Crippen LogP contribution >= 0.6 is 46.6 Å². The van der Waals surface area contributed by atoms with Gasteiger partial charge in [0, 0.05) is 16.6 Å². The largest absolute Gasteiger partial charge is 0.323 e. The Hall–Kier alpha value is -1.73. The minimum Gasteiger partial charge on any atom is -0.323 e. The zero-order valence-electron chi connectivity index (χ0n) is 15.4. The number of nitrogens with zero attached hydrogens (tertiary/aromatic N) is 3. The summed E-state index contributed by atoms with van der Waals surface area (Å²) in [7, 11) is 0. The van der Waals surface area contributed by atoms with Crippen LogP contribution in [0, 0.1) is 0 Å². The normalized spacial score (nSPS) is 14.6. The Morgan fingerprint density at radius 3 is 2.41 bits per heavy atom. The highest BCUT2D eigenvalue weighted by molar-refractivity contribution is 8.00. The van der Waals surface area contributed by atoms with Gasteiger partial charge < -0.3 is 5.32 Å². The average molecular weight is 468 g/mol. The van der Waals surface area contributed by atoms with Gasteiger partial charge in [-0.05, 0) is 44.0 Å². The summed E-state index contributed by atoms with van der Waals surface area (Å²) in [6, 6.07) is 13.0. The molecule has 150 valence electrons. The van der Waals surface area contributed by atoms with Crippen molar-refractivity contribution in [2.24, 2.45) is 0 Å². The van der Waals surface area contributed by atoms with E-state index in [1.165, 1.54) is 23.9 Å². The molecule has 1 atom stereocenters. The third-order valence-corrected chi connectivity index (χ3v) is 6.38. The third kappa shape index (κ3) is 4.56. The SMILES string of the molecule is CC(Sc1nnc(C2CC2)n1-c1ccccc1)C(=O)Nc1c(Cl)cc(Cl)cc1Cl. The molecule has 0 radical (unpaired) electrons. The van der Waals surface area contributed by atoms with Crippen LogP contribution in [0.15, 0.2) is 47.6 Å². The second-order valence-electron chi connectivity index (χ2n) is 6.78. The Morgan fingerprint density at radius 2 is 1.79 bits per heavy atom. The van der Waals surface area contributed by atoms with Crippen LogP contribution in [0.25, 0.3) is 5.69 Å². The molecule has 0 saturated heterocycles. The maximum absolute atomic E-state index is 12.8. The van der Waals surface area contributed by atoms with Crippen molar-refractivity contribution in [3.05, 3.63) is 63.4 Å². The van der Waals surface area contributed by atoms with Crippen molar-refractivity contribution < 1.29 is 4.79 Å². The fourth-order valence-corrected chi connectivity index (χ4v) is 4.67. The Labute approximate surface area is 187 Å². The summed E-state index contributed by atoms with van der Waals surface area (Å²) in [5, 5.41) is 12.7. The Bertz CT molecular complexity index is 1030. The summed E-state index contributed by atoms with van der Waals surface area (Å²) in [4.78, 5) is 12.8. The van der Waals surface area contributed by atoms with Crippen LogP contribution in [0.2, 0.25) is 15.1 Å². The summed E-state index contributed by atoms with van der Waals surface area (Å²) in [6.07, 6.45) is 2.22. The molecular formula is C20H17Cl3N4OS. The molecule has 1 N–H and O–H groups in total. The number of hydrogen-bond donors (Lipinski definition) is 1. The van der Waals surface area contributed by atoms with Crippen molar-refractivity contribution in [3.8, 4) is 5.69 Å². The van der Waals surface area contributed by atoms with Crippen molar-refractivity contribution >= 4 is 58.2 Å². The molecule has 1 heterocycles. The van der Waals surface area contributed by atoms with Gasteiger partial charge in [-0.1, -0.05) is 64.8 Å². The number of amides is 1. The lowest BCUT2D eigenvalue weighted by atomic mass is 10.3. The maximum atomic E-state index is 12.8. The van der Waals surface area contributed by atoms with Crippen molar-refractivity contribution in [1.82, 2.24) is 14.8 Å². The number of thioether (sulfide) groups is 1. The number of carbonyl (C=O) groups is 1. The molecule has 1 fully saturated rings. The number of rotatable bonds is 6. The molecule has 0 aliphatic heterocycles. The average Bonchev–Trinajstić information content (AvgIpc) is 3.45. The molecule has 1 aromatic heterocycles. The molecule has 1 aliphatic rings. The van der Waals surface area contributed by atoms with Gasteiger partial charge >= 0.3 is 0 Å². The quantitative estimate of drug-likeness (QED) is 0.437. The van der Waals surface area contributed by atoms with Crippen LogP contribution in [0.3, 0.4) is 0 Å². The van der Waals surface area contributed by atoms with Gasteiger partial charge in [0.1, 0.15) is 5.82 Å². The van der Waals surface area contributed by atoms with Crippen molar-refractivity contribution in [2.45, 2.75) is 36.1 Å². The fourth-order valence-electron chi connectivity index (χ4n) is 2.88. The van der Waals surface area contributed by atoms with E-state index in [1.54, 1.807) is 6.92 Å². The number of anilines is 1. The number of halogens is 3. The second-order valence-corrected chi connectivity index (χ2v) is 9.34. The predicted octanol–water partition coefficient (Wildman–Crippen LogP) is 6.22. The Balaban J connectivity index is 1.56. The lowest BCUT2D eigenvalue weighted by Gasteiger charge is -2.15. The number of carbonyl (C=O) groups excluding carboxylic acids is 1. The van der Waals surface area contributed by atoms with Crippen molar-refractivity contribution in [2.75, 3.05) is 5.32 Å². The topological polar surface area (TPSA) is 59.8 Å². The lowest BCUT2D eigenvalue weighted by molar-refractivity contribution is -0.115. The smallest absolute Gasteiger partial charge is 0.237 e. The highest BCUT2D eigenvalue weighted by Gasteiger charge is 2.32. The van der Waals surface area contributed by atoms with Gasteiger partial charge in [-0.2, -0.15) is 0 Å². The minimum atomic E-state index is -0.448. The zero-order valence-corrected chi connectivity index (χ0v) is 18.5. The molecule has 5 nitrogen and oxygen atoms in total. The molecule has 29 heavy (non-hydrogen) atoms. The Morgan fingerprint density at radius 1 is 1.14 bits per heavy atom. The maximum Gasteiger partial charge on any atom is 0.237 e. The summed E-state index contributed by atoms with van der Waals surface area (Å²) < 4.78 is 2.04. The summed E-state index contributed by atoms with van der Waals surface area (Å²) in [5.74, 6) is 1.12. The fraction of sp³-hybridized carbons (Fsp3) is 0.250. The molecule has 2 aromatic carbocycles. The van der Waals surface area contributed by atoms with E-state index in [2.05, 4.69) is 15.5 Å². The minimum absolute atomic E-state index is 0.239. The molecule has 1 aliphatic carbocycles. The van der Waals surface area contributed by atoms with Gasteiger partial charge in [-0.25, -0.2) is 0 Å². The first-order chi connectivity index (χ1) is 13.9. The van der Waals surface area contributed by atoms with Crippen molar-refractivity contribution in [3.63, 3.8) is 0 Å². The van der Waals surface area contributed by atoms with Gasteiger partial charge in [0.2, 0.25) is 5.91 Å². The predicted molar refractivity (Wildman–Crippen MR) is 119 cm³/mol. The molecule has 3 aromatic rings. The van der Waals surface area contributed by atoms with E-state index in [9.17, 15) is 4.79 Å². The van der Waals surface area contributed by atoms with Gasteiger partial charge in [0.05, 0.1) is 21.0 Å². The molecule has 4 rings (SSSR count). The monoisotopic (exact) mass is 466 g/mol. The molecule has 0 bridgehead atoms. The van der Waals surface area contributed by atoms with E-state index in [4.69, 9.17) is 34.8 Å². The third-order valence-electron chi connectivity index (χ3n) is 4.52. The number of hydrogen-bond acceptors (Lipinski definition) is 4. The number of benzene rings is 2. The van der Waals surface area contributed by atoms with E-state index < -0.39 is 5.25 Å². The van der Waals surface area contributed by atoms with Crippen LogP contribution < -0.4 is 5.32 Å². The first-order valence-electron chi connectivity index (χ1n) is 9.07. The number of aromatic nitrogens is 3. The van der Waals surface area contributed by atoms with E-state index >= 15 is 0 Å². The lowest BCUT2D eigenvalue weighted by Crippen LogP contribution is -2.23. The van der Waals surface area contributed by atoms with Crippen LogP contribution in [-0.2, 0) is 4.79 Å². The van der Waals surface area contributed by atoms with Crippen molar-refractivity contribution in [1.29, 1.82) is 0 Å². The zero-order chi connectivity index (χ0) is 20.5. The van der Waals surface area contributed by atoms with Gasteiger partial charge in [0.15, 0.2) is 5.16 Å². The summed E-state index contributed by atoms with van der Waals surface area (Å²) in [5.41, 5.74) is 1.33. The highest BCUT2D eigenvalue weighted by atomic mass is 35.5. The van der Waals surface area contributed by atoms with Crippen LogP contribution in [0.1, 0.15) is 31.5 Å². The molecule has 9 heteroatoms. The summed E-state index contributed by atoms with van der Waals surface area (Å²) >= 11 is 19.6. The molecule has 1 saturated carbocycles. The highest BCUT2D eigenvalue weighted by Crippen LogP contribution is 2.41. The van der Waals surface area contributed by atoms with Crippen LogP contribution in [-0.4, -0.2) is 25.9 Å². The number of para-hydroxylation sites is 1. The van der Waals surface area contributed by atoms with Crippen LogP contribution in [0.4, 0.5) is 5.69 Å². The van der Waals surface area contributed by atoms with E-state index in [0.717, 1.165) is 24.4 Å². The van der Waals surface area contributed by atoms with Gasteiger partial charge in [0.25, 0.3) is 0 Å². The molecule has 1 unspecified atom stereocenters. The first-order valence-corrected chi connectivity index (χ1v) is 11.1. The molecule has 1 amide bonds. The van der Waals surface area contributed by atoms with Crippen LogP contribution in [0.5, 0.6) is 0 Å². The summed E-state index contributed by atoms with van der Waals surface area (Å²) in [6.45, 7) is 1.80. The van der Waals surface area contributed by atoms with E-state index in [1.807, 2.05) is 34.9 Å². The Kier molecular flexibility index (Phi) is 6.06. The molecule has 0 spiro atoms. The standard InChI is InChI=1S/C20H17Cl3N4OS/c1-11(19(28)24-17-15(22)9-13(21)10-16(17)23)29-20-26-25-18(12-7-8-12)27(20)14-5-3-2-4-6-14/h2-6,9-12H,7-8H2,1H3,(H,24,28). The van der Waals surface area contributed by atoms with E-state index in [-0.39, 0.29) is 16.0 Å². The van der Waals surface area contributed by atoms with Gasteiger partial charge in [-0.3, -0.25) is 9.36 Å².